The van der Waals surface area contributed by atoms with Crippen LogP contribution in [0.1, 0.15) is 10.9 Å². The Kier molecular flexibility index (Phi) is 4.52. The third kappa shape index (κ3) is 3.31. The molecule has 0 amide bonds. The lowest BCUT2D eigenvalue weighted by molar-refractivity contribution is -0.159. The van der Waals surface area contributed by atoms with E-state index in [2.05, 4.69) is 10.1 Å². The van der Waals surface area contributed by atoms with Crippen molar-refractivity contribution in [3.8, 4) is 0 Å². The number of benzene rings is 1. The zero-order valence-electron chi connectivity index (χ0n) is 9.97. The van der Waals surface area contributed by atoms with Crippen LogP contribution in [0.25, 0.3) is 0 Å². The number of thioether (sulfide) groups is 1. The van der Waals surface area contributed by atoms with Gasteiger partial charge in [0.2, 0.25) is 0 Å². The Hall–Kier alpha value is -1.44. The minimum Gasteiger partial charge on any atom is -0.391 e. The second-order valence-electron chi connectivity index (χ2n) is 3.95. The highest BCUT2D eigenvalue weighted by Gasteiger charge is 2.33. The predicted molar refractivity (Wildman–Crippen MR) is 68.7 cm³/mol. The van der Waals surface area contributed by atoms with E-state index in [0.717, 1.165) is 0 Å². The van der Waals surface area contributed by atoms with Crippen LogP contribution in [-0.2, 0) is 14.3 Å². The van der Waals surface area contributed by atoms with E-state index in [4.69, 9.17) is 5.73 Å². The van der Waals surface area contributed by atoms with Crippen molar-refractivity contribution in [1.82, 2.24) is 5.32 Å². The first-order chi connectivity index (χ1) is 9.11. The number of hydrogen-bond acceptors (Lipinski definition) is 6. The topological polar surface area (TPSA) is 81.4 Å². The Morgan fingerprint density at radius 1 is 1.47 bits per heavy atom. The van der Waals surface area contributed by atoms with Gasteiger partial charge in [0.25, 0.3) is 0 Å². The van der Waals surface area contributed by atoms with Gasteiger partial charge in [0, 0.05) is 11.3 Å². The largest absolute Gasteiger partial charge is 0.391 e. The smallest absolute Gasteiger partial charge is 0.331 e. The summed E-state index contributed by atoms with van der Waals surface area (Å²) in [6, 6.07) is 5.71. The van der Waals surface area contributed by atoms with E-state index in [1.165, 1.54) is 17.8 Å². The standard InChI is InChI=1S/C12H13FN2O3S/c13-8-4-2-1-3-7(8)11-15-9(6-19-11)12(17)18-10(16)5-14/h1-4,9,11,15H,5-6,14H2. The molecular formula is C12H13FN2O3S. The first-order valence-electron chi connectivity index (χ1n) is 5.68. The SMILES string of the molecule is NCC(=O)OC(=O)C1CSC(c2ccccc2F)N1. The Bertz CT molecular complexity index is 498. The molecule has 2 atom stereocenters. The van der Waals surface area contributed by atoms with Gasteiger partial charge in [0.15, 0.2) is 0 Å². The number of ether oxygens (including phenoxy) is 1. The minimum absolute atomic E-state index is 0.327. The summed E-state index contributed by atoms with van der Waals surface area (Å²) in [5.41, 5.74) is 5.53. The van der Waals surface area contributed by atoms with E-state index in [1.807, 2.05) is 0 Å². The van der Waals surface area contributed by atoms with Crippen LogP contribution in [-0.4, -0.2) is 30.3 Å². The maximum absolute atomic E-state index is 13.6. The first kappa shape index (κ1) is 14.0. The van der Waals surface area contributed by atoms with E-state index in [0.29, 0.717) is 11.3 Å². The van der Waals surface area contributed by atoms with E-state index in [9.17, 15) is 14.0 Å². The summed E-state index contributed by atoms with van der Waals surface area (Å²) in [6.07, 6.45) is 0. The number of nitrogens with two attached hydrogens (primary N) is 1. The molecule has 2 unspecified atom stereocenters. The van der Waals surface area contributed by atoms with Crippen LogP contribution >= 0.6 is 11.8 Å². The molecule has 0 bridgehead atoms. The summed E-state index contributed by atoms with van der Waals surface area (Å²) in [7, 11) is 0. The molecule has 0 spiro atoms. The molecule has 1 aliphatic heterocycles. The minimum atomic E-state index is -0.772. The van der Waals surface area contributed by atoms with Crippen molar-refractivity contribution in [1.29, 1.82) is 0 Å². The Morgan fingerprint density at radius 2 is 2.21 bits per heavy atom. The van der Waals surface area contributed by atoms with Gasteiger partial charge in [-0.25, -0.2) is 9.18 Å². The van der Waals surface area contributed by atoms with Gasteiger partial charge in [-0.15, -0.1) is 11.8 Å². The molecule has 5 nitrogen and oxygen atoms in total. The van der Waals surface area contributed by atoms with Gasteiger partial charge in [0.1, 0.15) is 11.9 Å². The van der Waals surface area contributed by atoms with Crippen molar-refractivity contribution in [2.45, 2.75) is 11.4 Å². The van der Waals surface area contributed by atoms with Crippen LogP contribution in [0.4, 0.5) is 4.39 Å². The lowest BCUT2D eigenvalue weighted by Gasteiger charge is -2.13. The van der Waals surface area contributed by atoms with Crippen molar-refractivity contribution in [2.75, 3.05) is 12.3 Å². The summed E-state index contributed by atoms with van der Waals surface area (Å²) < 4.78 is 18.1. The van der Waals surface area contributed by atoms with E-state index in [-0.39, 0.29) is 17.7 Å². The van der Waals surface area contributed by atoms with Gasteiger partial charge in [-0.2, -0.15) is 0 Å². The van der Waals surface area contributed by atoms with Crippen LogP contribution in [0, 0.1) is 5.82 Å². The van der Waals surface area contributed by atoms with Crippen LogP contribution in [0.2, 0.25) is 0 Å². The Morgan fingerprint density at radius 3 is 2.89 bits per heavy atom. The van der Waals surface area contributed by atoms with E-state index < -0.39 is 18.0 Å². The molecular weight excluding hydrogens is 271 g/mol. The number of hydrogen-bond donors (Lipinski definition) is 2. The van der Waals surface area contributed by atoms with Crippen molar-refractivity contribution in [3.63, 3.8) is 0 Å². The average Bonchev–Trinajstić information content (AvgIpc) is 2.88. The zero-order chi connectivity index (χ0) is 13.8. The van der Waals surface area contributed by atoms with Gasteiger partial charge in [-0.05, 0) is 6.07 Å². The van der Waals surface area contributed by atoms with Crippen molar-refractivity contribution in [3.05, 3.63) is 35.6 Å². The molecule has 1 aliphatic rings. The molecule has 102 valence electrons. The maximum atomic E-state index is 13.6. The summed E-state index contributed by atoms with van der Waals surface area (Å²) in [5, 5.41) is 2.61. The van der Waals surface area contributed by atoms with Gasteiger partial charge >= 0.3 is 11.9 Å². The van der Waals surface area contributed by atoms with Crippen molar-refractivity contribution < 1.29 is 18.7 Å². The highest BCUT2D eigenvalue weighted by Crippen LogP contribution is 2.34. The van der Waals surface area contributed by atoms with Crippen LogP contribution < -0.4 is 11.1 Å². The lowest BCUT2D eigenvalue weighted by atomic mass is 10.2. The predicted octanol–water partition coefficient (Wildman–Crippen LogP) is 0.558. The van der Waals surface area contributed by atoms with E-state index >= 15 is 0 Å². The van der Waals surface area contributed by atoms with Gasteiger partial charge in [0.05, 0.1) is 11.9 Å². The zero-order valence-corrected chi connectivity index (χ0v) is 10.8. The van der Waals surface area contributed by atoms with Crippen LogP contribution in [0.3, 0.4) is 0 Å². The summed E-state index contributed by atoms with van der Waals surface area (Å²) >= 11 is 1.39. The molecule has 1 fully saturated rings. The molecule has 1 saturated heterocycles. The molecule has 0 radical (unpaired) electrons. The maximum Gasteiger partial charge on any atom is 0.331 e. The summed E-state index contributed by atoms with van der Waals surface area (Å²) in [5.74, 6) is -1.37. The number of carbonyl (C=O) groups excluding carboxylic acids is 2. The quantitative estimate of drug-likeness (QED) is 0.623. The fraction of sp³-hybridized carbons (Fsp3) is 0.333. The van der Waals surface area contributed by atoms with Crippen LogP contribution in [0.15, 0.2) is 24.3 Å². The fourth-order valence-electron chi connectivity index (χ4n) is 1.70. The summed E-state index contributed by atoms with van der Waals surface area (Å²) in [6.45, 7) is -0.345. The number of halogens is 1. The second-order valence-corrected chi connectivity index (χ2v) is 5.09. The molecule has 0 aliphatic carbocycles. The summed E-state index contributed by atoms with van der Waals surface area (Å²) in [4.78, 5) is 22.5. The first-order valence-corrected chi connectivity index (χ1v) is 6.73. The van der Waals surface area contributed by atoms with E-state index in [1.54, 1.807) is 18.2 Å². The second kappa shape index (κ2) is 6.14. The fourth-order valence-corrected chi connectivity index (χ4v) is 2.95. The Labute approximate surface area is 113 Å². The number of carbonyl (C=O) groups is 2. The molecule has 3 N–H and O–H groups in total. The third-order valence-corrected chi connectivity index (χ3v) is 3.88. The lowest BCUT2D eigenvalue weighted by Crippen LogP contribution is -2.37. The van der Waals surface area contributed by atoms with Gasteiger partial charge in [-0.3, -0.25) is 10.1 Å². The number of esters is 2. The molecule has 0 saturated carbocycles. The van der Waals surface area contributed by atoms with Crippen molar-refractivity contribution in [2.24, 2.45) is 5.73 Å². The van der Waals surface area contributed by atoms with Gasteiger partial charge in [-0.1, -0.05) is 18.2 Å². The Balaban J connectivity index is 1.99. The average molecular weight is 284 g/mol. The highest BCUT2D eigenvalue weighted by molar-refractivity contribution is 7.99. The van der Waals surface area contributed by atoms with Crippen LogP contribution in [0.5, 0.6) is 0 Å². The number of rotatable bonds is 3. The normalized spacial score (nSPS) is 22.2. The number of nitrogens with one attached hydrogen (secondary N) is 1. The molecule has 0 aromatic heterocycles. The molecule has 7 heteroatoms. The molecule has 1 aromatic rings. The molecule has 19 heavy (non-hydrogen) atoms. The molecule has 1 aromatic carbocycles. The van der Waals surface area contributed by atoms with Gasteiger partial charge < -0.3 is 10.5 Å². The molecule has 1 heterocycles. The highest BCUT2D eigenvalue weighted by atomic mass is 32.2. The molecule has 2 rings (SSSR count). The van der Waals surface area contributed by atoms with Crippen molar-refractivity contribution >= 4 is 23.7 Å². The monoisotopic (exact) mass is 284 g/mol. The third-order valence-electron chi connectivity index (χ3n) is 2.64.